The van der Waals surface area contributed by atoms with Crippen LogP contribution in [0.15, 0.2) is 0 Å². The fraction of sp³-hybridized carbons (Fsp3) is 1.00. The Kier molecular flexibility index (Phi) is 5.64. The maximum Gasteiger partial charge on any atom is 0.170 e. The van der Waals surface area contributed by atoms with Crippen molar-refractivity contribution in [1.29, 1.82) is 0 Å². The van der Waals surface area contributed by atoms with Crippen molar-refractivity contribution in [3.8, 4) is 0 Å². The van der Waals surface area contributed by atoms with Crippen LogP contribution in [0.5, 0.6) is 0 Å². The minimum atomic E-state index is -0.539. The molecule has 1 unspecified atom stereocenters. The third-order valence-corrected chi connectivity index (χ3v) is 2.44. The molecule has 0 radical (unpaired) electrons. The molecule has 3 heteroatoms. The van der Waals surface area contributed by atoms with Crippen molar-refractivity contribution in [3.63, 3.8) is 0 Å². The van der Waals surface area contributed by atoms with Crippen LogP contribution in [0.2, 0.25) is 0 Å². The Labute approximate surface area is 88.0 Å². The van der Waals surface area contributed by atoms with Crippen LogP contribution in [0.3, 0.4) is 0 Å². The van der Waals surface area contributed by atoms with Crippen molar-refractivity contribution in [1.82, 2.24) is 0 Å². The summed E-state index contributed by atoms with van der Waals surface area (Å²) in [5.74, 6) is -0.539. The van der Waals surface area contributed by atoms with E-state index in [4.69, 9.17) is 15.2 Å². The molecule has 0 bridgehead atoms. The lowest BCUT2D eigenvalue weighted by Crippen LogP contribution is -2.46. The molecule has 0 saturated carbocycles. The predicted molar refractivity (Wildman–Crippen MR) is 59.1 cm³/mol. The van der Waals surface area contributed by atoms with Crippen LogP contribution in [0.1, 0.15) is 41.0 Å². The number of hydrogen-bond acceptors (Lipinski definition) is 3. The fourth-order valence-electron chi connectivity index (χ4n) is 1.03. The van der Waals surface area contributed by atoms with Crippen LogP contribution >= 0.6 is 0 Å². The van der Waals surface area contributed by atoms with E-state index in [1.54, 1.807) is 0 Å². The van der Waals surface area contributed by atoms with E-state index in [-0.39, 0.29) is 5.41 Å². The third kappa shape index (κ3) is 3.95. The molecule has 1 atom stereocenters. The topological polar surface area (TPSA) is 44.5 Å². The first kappa shape index (κ1) is 13.9. The van der Waals surface area contributed by atoms with Gasteiger partial charge in [0.1, 0.15) is 0 Å². The molecule has 0 fully saturated rings. The van der Waals surface area contributed by atoms with Gasteiger partial charge in [-0.3, -0.25) is 0 Å². The highest BCUT2D eigenvalue weighted by atomic mass is 16.7. The number of nitrogens with two attached hydrogens (primary N) is 1. The van der Waals surface area contributed by atoms with E-state index in [0.29, 0.717) is 13.2 Å². The molecule has 0 aromatic rings. The lowest BCUT2D eigenvalue weighted by Gasteiger charge is -2.41. The second kappa shape index (κ2) is 5.69. The summed E-state index contributed by atoms with van der Waals surface area (Å²) in [6.07, 6.45) is 0.998. The summed E-state index contributed by atoms with van der Waals surface area (Å²) in [4.78, 5) is 0. The summed E-state index contributed by atoms with van der Waals surface area (Å²) in [5, 5.41) is 0. The van der Waals surface area contributed by atoms with E-state index in [1.165, 1.54) is 0 Å². The highest BCUT2D eigenvalue weighted by Crippen LogP contribution is 2.34. The number of rotatable bonds is 6. The van der Waals surface area contributed by atoms with Gasteiger partial charge in [0.25, 0.3) is 0 Å². The summed E-state index contributed by atoms with van der Waals surface area (Å²) >= 11 is 0. The monoisotopic (exact) mass is 203 g/mol. The lowest BCUT2D eigenvalue weighted by molar-refractivity contribution is -0.276. The zero-order valence-electron chi connectivity index (χ0n) is 10.2. The first-order chi connectivity index (χ1) is 6.37. The molecule has 0 saturated heterocycles. The Morgan fingerprint density at radius 3 is 1.86 bits per heavy atom. The first-order valence-corrected chi connectivity index (χ1v) is 5.35. The first-order valence-electron chi connectivity index (χ1n) is 5.35. The molecule has 0 aliphatic rings. The van der Waals surface area contributed by atoms with Crippen molar-refractivity contribution in [3.05, 3.63) is 0 Å². The molecule has 14 heavy (non-hydrogen) atoms. The summed E-state index contributed by atoms with van der Waals surface area (Å²) in [6.45, 7) is 12.2. The van der Waals surface area contributed by atoms with Crippen LogP contribution in [0.4, 0.5) is 0 Å². The van der Waals surface area contributed by atoms with E-state index in [1.807, 2.05) is 6.92 Å². The van der Waals surface area contributed by atoms with Crippen LogP contribution < -0.4 is 5.73 Å². The molecule has 0 aliphatic heterocycles. The van der Waals surface area contributed by atoms with E-state index < -0.39 is 5.79 Å². The second-order valence-electron chi connectivity index (χ2n) is 4.68. The Morgan fingerprint density at radius 1 is 1.00 bits per heavy atom. The molecule has 0 aromatic carbocycles. The Hall–Kier alpha value is -0.120. The van der Waals surface area contributed by atoms with Gasteiger partial charge in [0.2, 0.25) is 0 Å². The molecule has 0 amide bonds. The van der Waals surface area contributed by atoms with Crippen LogP contribution in [-0.2, 0) is 9.47 Å². The zero-order chi connectivity index (χ0) is 11.2. The van der Waals surface area contributed by atoms with E-state index in [9.17, 15) is 0 Å². The van der Waals surface area contributed by atoms with Crippen LogP contribution in [0.25, 0.3) is 0 Å². The average Bonchev–Trinajstić information content (AvgIpc) is 2.09. The van der Waals surface area contributed by atoms with Gasteiger partial charge in [0.05, 0.1) is 6.61 Å². The van der Waals surface area contributed by atoms with Crippen molar-refractivity contribution in [2.24, 2.45) is 11.1 Å². The van der Waals surface area contributed by atoms with Gasteiger partial charge < -0.3 is 15.2 Å². The quantitative estimate of drug-likeness (QED) is 0.673. The smallest absolute Gasteiger partial charge is 0.170 e. The number of ether oxygens (including phenoxy) is 2. The minimum absolute atomic E-state index is 0.0443. The van der Waals surface area contributed by atoms with Crippen LogP contribution in [-0.4, -0.2) is 25.5 Å². The maximum atomic E-state index is 5.77. The summed E-state index contributed by atoms with van der Waals surface area (Å²) in [5.41, 5.74) is 5.38. The van der Waals surface area contributed by atoms with Crippen LogP contribution in [0, 0.1) is 5.41 Å². The molecule has 0 spiro atoms. The standard InChI is InChI=1S/C11H25NO2/c1-6-8-13-11(5,10(2,3)4)14-9-7-12/h6-9,12H2,1-5H3. The third-order valence-electron chi connectivity index (χ3n) is 2.44. The van der Waals surface area contributed by atoms with Gasteiger partial charge in [0.15, 0.2) is 5.79 Å². The van der Waals surface area contributed by atoms with Crippen molar-refractivity contribution in [2.45, 2.75) is 46.8 Å². The molecule has 0 aliphatic carbocycles. The van der Waals surface area contributed by atoms with Gasteiger partial charge in [0, 0.05) is 18.6 Å². The Bertz CT molecular complexity index is 144. The molecule has 0 heterocycles. The van der Waals surface area contributed by atoms with Crippen molar-refractivity contribution < 1.29 is 9.47 Å². The van der Waals surface area contributed by atoms with Gasteiger partial charge in [-0.25, -0.2) is 0 Å². The van der Waals surface area contributed by atoms with Gasteiger partial charge in [-0.2, -0.15) is 0 Å². The second-order valence-corrected chi connectivity index (χ2v) is 4.68. The highest BCUT2D eigenvalue weighted by Gasteiger charge is 2.39. The maximum absolute atomic E-state index is 5.77. The molecule has 0 rings (SSSR count). The lowest BCUT2D eigenvalue weighted by atomic mass is 9.86. The Balaban J connectivity index is 4.33. The zero-order valence-corrected chi connectivity index (χ0v) is 10.2. The SMILES string of the molecule is CCCOC(C)(OCCN)C(C)(C)C. The molecule has 3 nitrogen and oxygen atoms in total. The fourth-order valence-corrected chi connectivity index (χ4v) is 1.03. The molecule has 86 valence electrons. The molecule has 0 aromatic heterocycles. The van der Waals surface area contributed by atoms with E-state index >= 15 is 0 Å². The van der Waals surface area contributed by atoms with E-state index in [0.717, 1.165) is 13.0 Å². The predicted octanol–water partition coefficient (Wildman–Crippen LogP) is 2.15. The normalized spacial score (nSPS) is 16.7. The van der Waals surface area contributed by atoms with Gasteiger partial charge >= 0.3 is 0 Å². The van der Waals surface area contributed by atoms with Crippen molar-refractivity contribution in [2.75, 3.05) is 19.8 Å². The van der Waals surface area contributed by atoms with Gasteiger partial charge in [-0.1, -0.05) is 27.7 Å². The number of hydrogen-bond donors (Lipinski definition) is 1. The molecule has 2 N–H and O–H groups in total. The molecular weight excluding hydrogens is 178 g/mol. The minimum Gasteiger partial charge on any atom is -0.350 e. The summed E-state index contributed by atoms with van der Waals surface area (Å²) in [7, 11) is 0. The van der Waals surface area contributed by atoms with E-state index in [2.05, 4.69) is 27.7 Å². The Morgan fingerprint density at radius 2 is 1.50 bits per heavy atom. The summed E-state index contributed by atoms with van der Waals surface area (Å²) in [6, 6.07) is 0. The average molecular weight is 203 g/mol. The summed E-state index contributed by atoms with van der Waals surface area (Å²) < 4.78 is 11.5. The van der Waals surface area contributed by atoms with Gasteiger partial charge in [-0.05, 0) is 13.3 Å². The largest absolute Gasteiger partial charge is 0.350 e. The molecular formula is C11H25NO2. The van der Waals surface area contributed by atoms with Gasteiger partial charge in [-0.15, -0.1) is 0 Å². The van der Waals surface area contributed by atoms with Crippen molar-refractivity contribution >= 4 is 0 Å². The highest BCUT2D eigenvalue weighted by molar-refractivity contribution is 4.79.